The molecule has 1 aromatic rings. The number of Topliss-reactive ketones (excluding diaryl/α,β-unsaturated/α-hetero) is 1. The van der Waals surface area contributed by atoms with Crippen molar-refractivity contribution in [2.75, 3.05) is 0 Å². The fourth-order valence-electron chi connectivity index (χ4n) is 0.962. The van der Waals surface area contributed by atoms with Crippen molar-refractivity contribution in [3.63, 3.8) is 0 Å². The van der Waals surface area contributed by atoms with Crippen molar-refractivity contribution < 1.29 is 9.18 Å². The summed E-state index contributed by atoms with van der Waals surface area (Å²) >= 11 is 0. The Bertz CT molecular complexity index is 334. The lowest BCUT2D eigenvalue weighted by Crippen LogP contribution is -2.01. The van der Waals surface area contributed by atoms with Gasteiger partial charge in [0.1, 0.15) is 5.83 Å². The molecule has 0 unspecified atom stereocenters. The molecule has 0 amide bonds. The first-order valence-corrected chi connectivity index (χ1v) is 4.05. The first-order valence-electron chi connectivity index (χ1n) is 4.05. The molecule has 0 bridgehead atoms. The zero-order valence-electron chi connectivity index (χ0n) is 7.67. The Morgan fingerprint density at radius 2 is 1.69 bits per heavy atom. The van der Waals surface area contributed by atoms with Crippen molar-refractivity contribution >= 4 is 5.78 Å². The first kappa shape index (κ1) is 9.65. The molecule has 0 saturated heterocycles. The molecule has 0 aromatic heterocycles. The standard InChI is InChI=1S/C11H11FO/c1-8(9(2)12)11(13)10-6-4-3-5-7-10/h3-7H,1-2H3/b9-8-. The lowest BCUT2D eigenvalue weighted by atomic mass is 10.0. The quantitative estimate of drug-likeness (QED) is 0.502. The van der Waals surface area contributed by atoms with Crippen LogP contribution in [0.3, 0.4) is 0 Å². The predicted octanol–water partition coefficient (Wildman–Crippen LogP) is 3.13. The van der Waals surface area contributed by atoms with Gasteiger partial charge in [0.15, 0.2) is 5.78 Å². The molecular weight excluding hydrogens is 167 g/mol. The Morgan fingerprint density at radius 1 is 1.15 bits per heavy atom. The van der Waals surface area contributed by atoms with Crippen LogP contribution in [0.4, 0.5) is 4.39 Å². The summed E-state index contributed by atoms with van der Waals surface area (Å²) < 4.78 is 12.7. The van der Waals surface area contributed by atoms with E-state index in [1.807, 2.05) is 6.07 Å². The normalized spacial score (nSPS) is 12.2. The zero-order valence-corrected chi connectivity index (χ0v) is 7.67. The molecule has 2 heteroatoms. The van der Waals surface area contributed by atoms with Crippen molar-refractivity contribution in [3.05, 3.63) is 47.3 Å². The van der Waals surface area contributed by atoms with Crippen LogP contribution in [-0.4, -0.2) is 5.78 Å². The molecule has 0 saturated carbocycles. The monoisotopic (exact) mass is 178 g/mol. The molecule has 0 aliphatic heterocycles. The summed E-state index contributed by atoms with van der Waals surface area (Å²) in [7, 11) is 0. The average molecular weight is 178 g/mol. The predicted molar refractivity (Wildman–Crippen MR) is 50.3 cm³/mol. The van der Waals surface area contributed by atoms with Crippen LogP contribution in [0.1, 0.15) is 24.2 Å². The van der Waals surface area contributed by atoms with Crippen molar-refractivity contribution in [2.24, 2.45) is 0 Å². The first-order chi connectivity index (χ1) is 6.13. The maximum Gasteiger partial charge on any atom is 0.191 e. The van der Waals surface area contributed by atoms with Crippen LogP contribution in [0.15, 0.2) is 41.7 Å². The molecule has 0 spiro atoms. The number of carbonyl (C=O) groups is 1. The van der Waals surface area contributed by atoms with Gasteiger partial charge in [0, 0.05) is 11.1 Å². The molecule has 1 aromatic carbocycles. The zero-order chi connectivity index (χ0) is 9.84. The summed E-state index contributed by atoms with van der Waals surface area (Å²) in [5, 5.41) is 0. The van der Waals surface area contributed by atoms with E-state index < -0.39 is 5.83 Å². The second kappa shape index (κ2) is 3.99. The third kappa shape index (κ3) is 2.25. The molecule has 0 aliphatic rings. The van der Waals surface area contributed by atoms with Gasteiger partial charge in [0.25, 0.3) is 0 Å². The molecule has 68 valence electrons. The summed E-state index contributed by atoms with van der Waals surface area (Å²) in [4.78, 5) is 11.5. The van der Waals surface area contributed by atoms with Gasteiger partial charge < -0.3 is 0 Å². The molecule has 0 atom stereocenters. The van der Waals surface area contributed by atoms with Crippen LogP contribution in [0.5, 0.6) is 0 Å². The van der Waals surface area contributed by atoms with Crippen LogP contribution in [-0.2, 0) is 0 Å². The third-order valence-electron chi connectivity index (χ3n) is 1.89. The minimum atomic E-state index is -0.422. The lowest BCUT2D eigenvalue weighted by molar-refractivity contribution is 0.103. The van der Waals surface area contributed by atoms with Gasteiger partial charge in [0.2, 0.25) is 0 Å². The number of hydrogen-bond donors (Lipinski definition) is 0. The molecule has 0 aliphatic carbocycles. The number of hydrogen-bond acceptors (Lipinski definition) is 1. The second-order valence-corrected chi connectivity index (χ2v) is 2.85. The highest BCUT2D eigenvalue weighted by Gasteiger charge is 2.09. The number of ketones is 1. The second-order valence-electron chi connectivity index (χ2n) is 2.85. The number of carbonyl (C=O) groups excluding carboxylic acids is 1. The van der Waals surface area contributed by atoms with Gasteiger partial charge in [-0.3, -0.25) is 4.79 Å². The van der Waals surface area contributed by atoms with E-state index in [1.54, 1.807) is 24.3 Å². The summed E-state index contributed by atoms with van der Waals surface area (Å²) in [5.41, 5.74) is 0.697. The molecule has 0 N–H and O–H groups in total. The fourth-order valence-corrected chi connectivity index (χ4v) is 0.962. The number of allylic oxidation sites excluding steroid dienone is 2. The molecule has 0 fully saturated rings. The van der Waals surface area contributed by atoms with Crippen molar-refractivity contribution in [1.82, 2.24) is 0 Å². The Hall–Kier alpha value is -1.44. The topological polar surface area (TPSA) is 17.1 Å². The van der Waals surface area contributed by atoms with Gasteiger partial charge in [-0.2, -0.15) is 0 Å². The van der Waals surface area contributed by atoms with E-state index in [9.17, 15) is 9.18 Å². The Balaban J connectivity index is 3.00. The van der Waals surface area contributed by atoms with Crippen molar-refractivity contribution in [3.8, 4) is 0 Å². The SMILES string of the molecule is C/C(F)=C(\C)C(=O)c1ccccc1. The van der Waals surface area contributed by atoms with E-state index in [0.717, 1.165) is 0 Å². The minimum Gasteiger partial charge on any atom is -0.289 e. The highest BCUT2D eigenvalue weighted by molar-refractivity contribution is 6.08. The average Bonchev–Trinajstić information content (AvgIpc) is 2.17. The summed E-state index contributed by atoms with van der Waals surface area (Å²) in [6.45, 7) is 2.78. The number of benzene rings is 1. The lowest BCUT2D eigenvalue weighted by Gasteiger charge is -2.00. The number of halogens is 1. The van der Waals surface area contributed by atoms with Crippen LogP contribution in [0.25, 0.3) is 0 Å². The largest absolute Gasteiger partial charge is 0.289 e. The van der Waals surface area contributed by atoms with E-state index >= 15 is 0 Å². The maximum absolute atomic E-state index is 12.7. The summed E-state index contributed by atoms with van der Waals surface area (Å²) in [5.74, 6) is -0.672. The van der Waals surface area contributed by atoms with Crippen LogP contribution in [0.2, 0.25) is 0 Å². The molecule has 1 rings (SSSR count). The van der Waals surface area contributed by atoms with Crippen LogP contribution in [0, 0.1) is 0 Å². The molecular formula is C11H11FO. The highest BCUT2D eigenvalue weighted by Crippen LogP contribution is 2.12. The Labute approximate surface area is 76.9 Å². The van der Waals surface area contributed by atoms with E-state index in [1.165, 1.54) is 13.8 Å². The van der Waals surface area contributed by atoms with E-state index in [4.69, 9.17) is 0 Å². The maximum atomic E-state index is 12.7. The van der Waals surface area contributed by atoms with E-state index in [0.29, 0.717) is 5.56 Å². The van der Waals surface area contributed by atoms with Gasteiger partial charge >= 0.3 is 0 Å². The van der Waals surface area contributed by atoms with E-state index in [2.05, 4.69) is 0 Å². The Morgan fingerprint density at radius 3 is 2.15 bits per heavy atom. The highest BCUT2D eigenvalue weighted by atomic mass is 19.1. The molecule has 0 heterocycles. The summed E-state index contributed by atoms with van der Waals surface area (Å²) in [6.07, 6.45) is 0. The van der Waals surface area contributed by atoms with Gasteiger partial charge in [-0.15, -0.1) is 0 Å². The Kier molecular flexibility index (Phi) is 2.96. The van der Waals surface area contributed by atoms with Gasteiger partial charge in [-0.25, -0.2) is 4.39 Å². The molecule has 13 heavy (non-hydrogen) atoms. The fraction of sp³-hybridized carbons (Fsp3) is 0.182. The van der Waals surface area contributed by atoms with Gasteiger partial charge in [0.05, 0.1) is 0 Å². The molecule has 1 nitrogen and oxygen atoms in total. The van der Waals surface area contributed by atoms with Gasteiger partial charge in [-0.05, 0) is 13.8 Å². The number of rotatable bonds is 2. The minimum absolute atomic E-state index is 0.172. The van der Waals surface area contributed by atoms with Gasteiger partial charge in [-0.1, -0.05) is 30.3 Å². The third-order valence-corrected chi connectivity index (χ3v) is 1.89. The smallest absolute Gasteiger partial charge is 0.191 e. The van der Waals surface area contributed by atoms with Crippen molar-refractivity contribution in [2.45, 2.75) is 13.8 Å². The van der Waals surface area contributed by atoms with Crippen molar-refractivity contribution in [1.29, 1.82) is 0 Å². The summed E-state index contributed by atoms with van der Waals surface area (Å²) in [6, 6.07) is 8.68. The van der Waals surface area contributed by atoms with E-state index in [-0.39, 0.29) is 11.4 Å². The van der Waals surface area contributed by atoms with Crippen LogP contribution >= 0.6 is 0 Å². The molecule has 0 radical (unpaired) electrons. The van der Waals surface area contributed by atoms with Crippen LogP contribution < -0.4 is 0 Å².